The Balaban J connectivity index is 1.73. The van der Waals surface area contributed by atoms with Gasteiger partial charge in [-0.25, -0.2) is 21.6 Å². The van der Waals surface area contributed by atoms with E-state index in [0.29, 0.717) is 23.2 Å². The summed E-state index contributed by atoms with van der Waals surface area (Å²) in [5.74, 6) is -0.318. The number of hydrogen-bond acceptors (Lipinski definition) is 5. The van der Waals surface area contributed by atoms with Gasteiger partial charge in [0.2, 0.25) is 20.0 Å². The number of hydrogen-bond donors (Lipinski definition) is 2. The Bertz CT molecular complexity index is 1210. The lowest BCUT2D eigenvalue weighted by Gasteiger charge is -2.21. The van der Waals surface area contributed by atoms with Crippen LogP contribution in [0.3, 0.4) is 0 Å². The van der Waals surface area contributed by atoms with E-state index in [0.717, 1.165) is 5.56 Å². The van der Waals surface area contributed by atoms with Crippen molar-refractivity contribution in [2.75, 3.05) is 10.6 Å². The van der Waals surface area contributed by atoms with Crippen molar-refractivity contribution in [2.45, 2.75) is 50.7 Å². The Kier molecular flexibility index (Phi) is 6.45. The molecule has 1 aliphatic rings. The number of amides is 1. The van der Waals surface area contributed by atoms with Gasteiger partial charge in [0.25, 0.3) is 5.91 Å². The summed E-state index contributed by atoms with van der Waals surface area (Å²) in [5.41, 5.74) is 2.48. The lowest BCUT2D eigenvalue weighted by Crippen LogP contribution is -2.34. The molecule has 0 radical (unpaired) electrons. The van der Waals surface area contributed by atoms with Crippen molar-refractivity contribution in [3.05, 3.63) is 59.2 Å². The molecule has 0 spiro atoms. The monoisotopic (exact) mass is 465 g/mol. The summed E-state index contributed by atoms with van der Waals surface area (Å²) in [7, 11) is -7.01. The molecule has 0 saturated carbocycles. The number of carbonyl (C=O) groups excluding carboxylic acids is 1. The van der Waals surface area contributed by atoms with Crippen molar-refractivity contribution in [3.63, 3.8) is 0 Å². The maximum Gasteiger partial charge on any atom is 0.251 e. The van der Waals surface area contributed by atoms with E-state index in [-0.39, 0.29) is 29.4 Å². The third kappa shape index (κ3) is 5.25. The van der Waals surface area contributed by atoms with Crippen molar-refractivity contribution in [1.29, 1.82) is 0 Å². The molecule has 1 unspecified atom stereocenters. The van der Waals surface area contributed by atoms with Gasteiger partial charge in [0.05, 0.1) is 16.8 Å². The fourth-order valence-corrected chi connectivity index (χ4v) is 6.32. The molecule has 1 heterocycles. The molecule has 0 bridgehead atoms. The summed E-state index contributed by atoms with van der Waals surface area (Å²) in [6.07, 6.45) is 1.70. The van der Waals surface area contributed by atoms with Gasteiger partial charge >= 0.3 is 0 Å². The smallest absolute Gasteiger partial charge is 0.251 e. The van der Waals surface area contributed by atoms with Crippen LogP contribution in [0.4, 0.5) is 5.69 Å². The van der Waals surface area contributed by atoms with Gasteiger partial charge < -0.3 is 5.32 Å². The second-order valence-corrected chi connectivity index (χ2v) is 11.6. The van der Waals surface area contributed by atoms with Crippen molar-refractivity contribution in [3.8, 4) is 0 Å². The summed E-state index contributed by atoms with van der Waals surface area (Å²) in [6.45, 7) is 5.48. The predicted molar refractivity (Wildman–Crippen MR) is 120 cm³/mol. The summed E-state index contributed by atoms with van der Waals surface area (Å²) in [5, 5.41) is 2.79. The molecule has 2 N–H and O–H groups in total. The molecule has 2 aromatic carbocycles. The zero-order valence-corrected chi connectivity index (χ0v) is 19.5. The summed E-state index contributed by atoms with van der Waals surface area (Å²) < 4.78 is 52.7. The SMILES string of the molecule is CC(C)NS(=O)(=O)c1cccc(CNC(=O)c2ccc3c(c2)CC(C)N3S(C)(=O)=O)c1. The van der Waals surface area contributed by atoms with E-state index >= 15 is 0 Å². The van der Waals surface area contributed by atoms with Gasteiger partial charge in [0, 0.05) is 24.2 Å². The van der Waals surface area contributed by atoms with Crippen molar-refractivity contribution >= 4 is 31.6 Å². The van der Waals surface area contributed by atoms with Crippen LogP contribution in [0.15, 0.2) is 47.4 Å². The van der Waals surface area contributed by atoms with Crippen molar-refractivity contribution in [2.24, 2.45) is 0 Å². The maximum absolute atomic E-state index is 12.6. The number of carbonyl (C=O) groups is 1. The first-order valence-corrected chi connectivity index (χ1v) is 13.2. The first-order chi connectivity index (χ1) is 14.4. The first-order valence-electron chi connectivity index (χ1n) is 9.90. The number of benzene rings is 2. The van der Waals surface area contributed by atoms with Gasteiger partial charge in [-0.1, -0.05) is 12.1 Å². The third-order valence-electron chi connectivity index (χ3n) is 4.90. The molecule has 168 valence electrons. The Morgan fingerprint density at radius 3 is 2.48 bits per heavy atom. The Morgan fingerprint density at radius 1 is 1.13 bits per heavy atom. The molecule has 1 amide bonds. The fraction of sp³-hybridized carbons (Fsp3) is 0.381. The average Bonchev–Trinajstić information content (AvgIpc) is 3.00. The van der Waals surface area contributed by atoms with Gasteiger partial charge in [0.1, 0.15) is 0 Å². The molecule has 3 rings (SSSR count). The quantitative estimate of drug-likeness (QED) is 0.650. The largest absolute Gasteiger partial charge is 0.348 e. The number of anilines is 1. The lowest BCUT2D eigenvalue weighted by atomic mass is 10.1. The van der Waals surface area contributed by atoms with Crippen LogP contribution in [0, 0.1) is 0 Å². The highest BCUT2D eigenvalue weighted by atomic mass is 32.2. The molecule has 0 fully saturated rings. The molecule has 8 nitrogen and oxygen atoms in total. The van der Waals surface area contributed by atoms with E-state index in [2.05, 4.69) is 10.0 Å². The number of sulfonamides is 2. The minimum Gasteiger partial charge on any atom is -0.348 e. The van der Waals surface area contributed by atoms with Gasteiger partial charge in [-0.15, -0.1) is 0 Å². The number of rotatable bonds is 7. The number of fused-ring (bicyclic) bond motifs is 1. The van der Waals surface area contributed by atoms with Crippen LogP contribution in [-0.2, 0) is 33.0 Å². The van der Waals surface area contributed by atoms with Gasteiger partial charge in [-0.3, -0.25) is 9.10 Å². The van der Waals surface area contributed by atoms with Crippen LogP contribution in [0.1, 0.15) is 42.3 Å². The topological polar surface area (TPSA) is 113 Å². The van der Waals surface area contributed by atoms with Gasteiger partial charge in [-0.2, -0.15) is 0 Å². The molecular weight excluding hydrogens is 438 g/mol. The molecule has 31 heavy (non-hydrogen) atoms. The molecular formula is C21H27N3O5S2. The highest BCUT2D eigenvalue weighted by molar-refractivity contribution is 7.92. The third-order valence-corrected chi connectivity index (χ3v) is 7.83. The Labute approximate surface area is 183 Å². The van der Waals surface area contributed by atoms with Crippen LogP contribution in [0.5, 0.6) is 0 Å². The zero-order chi connectivity index (χ0) is 23.0. The minimum absolute atomic E-state index is 0.139. The molecule has 0 aliphatic carbocycles. The first kappa shape index (κ1) is 23.2. The van der Waals surface area contributed by atoms with E-state index in [9.17, 15) is 21.6 Å². The lowest BCUT2D eigenvalue weighted by molar-refractivity contribution is 0.0951. The van der Waals surface area contributed by atoms with Crippen LogP contribution in [0.25, 0.3) is 0 Å². The van der Waals surface area contributed by atoms with E-state index < -0.39 is 20.0 Å². The normalized spacial score (nSPS) is 16.4. The van der Waals surface area contributed by atoms with Crippen molar-refractivity contribution < 1.29 is 21.6 Å². The molecule has 0 aromatic heterocycles. The molecule has 10 heteroatoms. The molecule has 1 aliphatic heterocycles. The Hall–Kier alpha value is -2.43. The zero-order valence-electron chi connectivity index (χ0n) is 17.9. The van der Waals surface area contributed by atoms with Gasteiger partial charge in [-0.05, 0) is 68.7 Å². The molecule has 2 aromatic rings. The van der Waals surface area contributed by atoms with E-state index in [1.54, 1.807) is 44.2 Å². The van der Waals surface area contributed by atoms with E-state index in [1.165, 1.54) is 22.7 Å². The average molecular weight is 466 g/mol. The second kappa shape index (κ2) is 8.60. The molecule has 0 saturated heterocycles. The van der Waals surface area contributed by atoms with Crippen molar-refractivity contribution in [1.82, 2.24) is 10.0 Å². The summed E-state index contributed by atoms with van der Waals surface area (Å²) in [6, 6.07) is 10.9. The Morgan fingerprint density at radius 2 is 1.84 bits per heavy atom. The number of nitrogens with zero attached hydrogens (tertiary/aromatic N) is 1. The highest BCUT2D eigenvalue weighted by Crippen LogP contribution is 2.34. The second-order valence-electron chi connectivity index (χ2n) is 8.06. The summed E-state index contributed by atoms with van der Waals surface area (Å²) in [4.78, 5) is 12.8. The van der Waals surface area contributed by atoms with E-state index in [1.807, 2.05) is 6.92 Å². The summed E-state index contributed by atoms with van der Waals surface area (Å²) >= 11 is 0. The van der Waals surface area contributed by atoms with Crippen LogP contribution < -0.4 is 14.3 Å². The minimum atomic E-state index is -3.62. The maximum atomic E-state index is 12.6. The van der Waals surface area contributed by atoms with E-state index in [4.69, 9.17) is 0 Å². The predicted octanol–water partition coefficient (Wildman–Crippen LogP) is 2.01. The number of nitrogens with one attached hydrogen (secondary N) is 2. The van der Waals surface area contributed by atoms with Crippen LogP contribution in [0.2, 0.25) is 0 Å². The van der Waals surface area contributed by atoms with Crippen LogP contribution >= 0.6 is 0 Å². The fourth-order valence-electron chi connectivity index (χ4n) is 3.73. The highest BCUT2D eigenvalue weighted by Gasteiger charge is 2.32. The molecule has 1 atom stereocenters. The van der Waals surface area contributed by atoms with Gasteiger partial charge in [0.15, 0.2) is 0 Å². The standard InChI is InChI=1S/C21H27N3O5S2/c1-14(2)23-31(28,29)19-7-5-6-16(11-19)13-22-21(25)17-8-9-20-18(12-17)10-15(3)24(20)30(4,26)27/h5-9,11-12,14-15,23H,10,13H2,1-4H3,(H,22,25). The van der Waals surface area contributed by atoms with Crippen LogP contribution in [-0.4, -0.2) is 41.1 Å².